The minimum absolute atomic E-state index is 0.246. The average Bonchev–Trinajstić information content (AvgIpc) is 2.71. The second kappa shape index (κ2) is 8.75. The third-order valence-corrected chi connectivity index (χ3v) is 4.36. The second-order valence-corrected chi connectivity index (χ2v) is 6.47. The fourth-order valence-corrected chi connectivity index (χ4v) is 2.76. The number of fused-ring (bicyclic) bond motifs is 1. The maximum absolute atomic E-state index is 12.3. The molecule has 3 rings (SSSR count). The zero-order valence-electron chi connectivity index (χ0n) is 15.1. The van der Waals surface area contributed by atoms with Crippen LogP contribution in [0.4, 0.5) is 0 Å². The monoisotopic (exact) mass is 403 g/mol. The fraction of sp³-hybridized carbons (Fsp3) is 0.250. The summed E-state index contributed by atoms with van der Waals surface area (Å²) in [6.45, 7) is 1.87. The first-order chi connectivity index (χ1) is 13.5. The Morgan fingerprint density at radius 1 is 1.11 bits per heavy atom. The zero-order chi connectivity index (χ0) is 20.1. The van der Waals surface area contributed by atoms with Crippen molar-refractivity contribution in [3.63, 3.8) is 0 Å². The van der Waals surface area contributed by atoms with Crippen LogP contribution in [0.3, 0.4) is 0 Å². The van der Waals surface area contributed by atoms with E-state index in [1.807, 2.05) is 0 Å². The van der Waals surface area contributed by atoms with E-state index in [1.54, 1.807) is 42.5 Å². The van der Waals surface area contributed by atoms with Crippen molar-refractivity contribution in [2.75, 3.05) is 19.8 Å². The van der Waals surface area contributed by atoms with Gasteiger partial charge in [-0.15, -0.1) is 0 Å². The Labute approximate surface area is 166 Å². The summed E-state index contributed by atoms with van der Waals surface area (Å²) in [7, 11) is 0. The highest BCUT2D eigenvalue weighted by molar-refractivity contribution is 6.33. The highest BCUT2D eigenvalue weighted by Gasteiger charge is 2.21. The number of benzene rings is 2. The number of Topliss-reactive ketones (excluding diaryl/α,β-unsaturated/α-hetero) is 1. The molecular formula is C20H18ClNO6. The van der Waals surface area contributed by atoms with E-state index in [0.29, 0.717) is 30.3 Å². The van der Waals surface area contributed by atoms with Gasteiger partial charge in [0.15, 0.2) is 23.9 Å². The molecule has 1 aliphatic heterocycles. The third-order valence-electron chi connectivity index (χ3n) is 4.03. The van der Waals surface area contributed by atoms with Gasteiger partial charge >= 0.3 is 5.97 Å². The Morgan fingerprint density at radius 3 is 2.57 bits per heavy atom. The number of ether oxygens (including phenoxy) is 3. The van der Waals surface area contributed by atoms with Crippen LogP contribution < -0.4 is 14.8 Å². The number of ketones is 1. The molecule has 1 unspecified atom stereocenters. The maximum Gasteiger partial charge on any atom is 0.328 e. The molecule has 0 spiro atoms. The summed E-state index contributed by atoms with van der Waals surface area (Å²) in [6, 6.07) is 10.3. The van der Waals surface area contributed by atoms with Crippen LogP contribution in [0.25, 0.3) is 0 Å². The number of nitrogens with one attached hydrogen (secondary N) is 1. The van der Waals surface area contributed by atoms with E-state index in [9.17, 15) is 14.4 Å². The predicted octanol–water partition coefficient (Wildman–Crippen LogP) is 2.66. The molecule has 8 heteroatoms. The molecule has 146 valence electrons. The van der Waals surface area contributed by atoms with Gasteiger partial charge in [0, 0.05) is 5.56 Å². The van der Waals surface area contributed by atoms with Crippen molar-refractivity contribution >= 4 is 29.3 Å². The largest absolute Gasteiger partial charge is 0.486 e. The molecule has 0 saturated carbocycles. The standard InChI is InChI=1S/C20H18ClNO6/c1-12(22-19(24)14-4-2-3-5-15(14)21)20(25)28-11-16(23)13-6-7-17-18(10-13)27-9-8-26-17/h2-7,10,12H,8-9,11H2,1H3,(H,22,24). The summed E-state index contributed by atoms with van der Waals surface area (Å²) in [6.07, 6.45) is 0. The van der Waals surface area contributed by atoms with Gasteiger partial charge in [0.25, 0.3) is 5.91 Å². The number of hydrogen-bond donors (Lipinski definition) is 1. The van der Waals surface area contributed by atoms with Crippen LogP contribution in [0.1, 0.15) is 27.6 Å². The normalized spacial score (nSPS) is 13.4. The average molecular weight is 404 g/mol. The molecule has 0 radical (unpaired) electrons. The van der Waals surface area contributed by atoms with Crippen molar-refractivity contribution in [2.24, 2.45) is 0 Å². The van der Waals surface area contributed by atoms with Gasteiger partial charge in [-0.1, -0.05) is 23.7 Å². The SMILES string of the molecule is CC(NC(=O)c1ccccc1Cl)C(=O)OCC(=O)c1ccc2c(c1)OCCO2. The molecule has 2 aromatic rings. The molecule has 1 N–H and O–H groups in total. The smallest absolute Gasteiger partial charge is 0.328 e. The van der Waals surface area contributed by atoms with Crippen LogP contribution in [-0.4, -0.2) is 43.5 Å². The van der Waals surface area contributed by atoms with Crippen LogP contribution in [0.2, 0.25) is 5.02 Å². The first kappa shape index (κ1) is 19.7. The lowest BCUT2D eigenvalue weighted by Crippen LogP contribution is -2.40. The number of amides is 1. The Morgan fingerprint density at radius 2 is 1.82 bits per heavy atom. The Bertz CT molecular complexity index is 913. The molecular weight excluding hydrogens is 386 g/mol. The number of halogens is 1. The number of rotatable bonds is 6. The minimum Gasteiger partial charge on any atom is -0.486 e. The highest BCUT2D eigenvalue weighted by Crippen LogP contribution is 2.30. The summed E-state index contributed by atoms with van der Waals surface area (Å²) < 4.78 is 15.9. The van der Waals surface area contributed by atoms with Gasteiger partial charge in [0.1, 0.15) is 19.3 Å². The van der Waals surface area contributed by atoms with E-state index in [4.69, 9.17) is 25.8 Å². The van der Waals surface area contributed by atoms with E-state index < -0.39 is 30.3 Å². The lowest BCUT2D eigenvalue weighted by atomic mass is 10.1. The molecule has 28 heavy (non-hydrogen) atoms. The Kier molecular flexibility index (Phi) is 6.16. The summed E-state index contributed by atoms with van der Waals surface area (Å²) >= 11 is 5.96. The van der Waals surface area contributed by atoms with Crippen LogP contribution >= 0.6 is 11.6 Å². The highest BCUT2D eigenvalue weighted by atomic mass is 35.5. The van der Waals surface area contributed by atoms with Gasteiger partial charge in [-0.25, -0.2) is 4.79 Å². The molecule has 1 atom stereocenters. The van der Waals surface area contributed by atoms with Crippen LogP contribution in [0, 0.1) is 0 Å². The van der Waals surface area contributed by atoms with Crippen molar-refractivity contribution in [3.8, 4) is 11.5 Å². The molecule has 0 bridgehead atoms. The van der Waals surface area contributed by atoms with E-state index in [-0.39, 0.29) is 10.6 Å². The van der Waals surface area contributed by atoms with Gasteiger partial charge in [-0.05, 0) is 37.3 Å². The van der Waals surface area contributed by atoms with E-state index >= 15 is 0 Å². The second-order valence-electron chi connectivity index (χ2n) is 6.06. The number of hydrogen-bond acceptors (Lipinski definition) is 6. The van der Waals surface area contributed by atoms with Crippen molar-refractivity contribution in [3.05, 3.63) is 58.6 Å². The number of esters is 1. The Hall–Kier alpha value is -3.06. The number of carbonyl (C=O) groups excluding carboxylic acids is 3. The lowest BCUT2D eigenvalue weighted by Gasteiger charge is -2.18. The molecule has 2 aromatic carbocycles. The van der Waals surface area contributed by atoms with E-state index in [1.165, 1.54) is 6.92 Å². The first-order valence-electron chi connectivity index (χ1n) is 8.60. The van der Waals surface area contributed by atoms with Crippen LogP contribution in [0.5, 0.6) is 11.5 Å². The first-order valence-corrected chi connectivity index (χ1v) is 8.98. The summed E-state index contributed by atoms with van der Waals surface area (Å²) in [5.41, 5.74) is 0.584. The van der Waals surface area contributed by atoms with Crippen LogP contribution in [-0.2, 0) is 9.53 Å². The van der Waals surface area contributed by atoms with Gasteiger partial charge in [-0.2, -0.15) is 0 Å². The molecule has 0 aromatic heterocycles. The van der Waals surface area contributed by atoms with Crippen molar-refractivity contribution in [2.45, 2.75) is 13.0 Å². The number of carbonyl (C=O) groups is 3. The predicted molar refractivity (Wildman–Crippen MR) is 101 cm³/mol. The van der Waals surface area contributed by atoms with Gasteiger partial charge < -0.3 is 19.5 Å². The zero-order valence-corrected chi connectivity index (χ0v) is 15.8. The van der Waals surface area contributed by atoms with Gasteiger partial charge in [0.05, 0.1) is 10.6 Å². The molecule has 1 aliphatic rings. The Balaban J connectivity index is 1.54. The van der Waals surface area contributed by atoms with Crippen molar-refractivity contribution in [1.29, 1.82) is 0 Å². The molecule has 0 saturated heterocycles. The van der Waals surface area contributed by atoms with E-state index in [0.717, 1.165) is 0 Å². The van der Waals surface area contributed by atoms with Gasteiger partial charge in [0.2, 0.25) is 0 Å². The summed E-state index contributed by atoms with van der Waals surface area (Å²) in [5.74, 6) is -0.589. The minimum atomic E-state index is -0.947. The molecule has 0 aliphatic carbocycles. The summed E-state index contributed by atoms with van der Waals surface area (Å²) in [4.78, 5) is 36.5. The van der Waals surface area contributed by atoms with Crippen molar-refractivity contribution in [1.82, 2.24) is 5.32 Å². The molecule has 1 amide bonds. The third kappa shape index (κ3) is 4.61. The fourth-order valence-electron chi connectivity index (χ4n) is 2.54. The molecule has 7 nitrogen and oxygen atoms in total. The van der Waals surface area contributed by atoms with Crippen LogP contribution in [0.15, 0.2) is 42.5 Å². The summed E-state index contributed by atoms with van der Waals surface area (Å²) in [5, 5.41) is 2.77. The maximum atomic E-state index is 12.3. The van der Waals surface area contributed by atoms with Gasteiger partial charge in [-0.3, -0.25) is 9.59 Å². The topological polar surface area (TPSA) is 90.9 Å². The van der Waals surface area contributed by atoms with Crippen molar-refractivity contribution < 1.29 is 28.6 Å². The molecule has 1 heterocycles. The lowest BCUT2D eigenvalue weighted by molar-refractivity contribution is -0.144. The quantitative estimate of drug-likeness (QED) is 0.589. The molecule has 0 fully saturated rings. The van der Waals surface area contributed by atoms with E-state index in [2.05, 4.69) is 5.32 Å².